The highest BCUT2D eigenvalue weighted by Crippen LogP contribution is 2.13. The van der Waals surface area contributed by atoms with Gasteiger partial charge in [-0.1, -0.05) is 36.4 Å². The van der Waals surface area contributed by atoms with Crippen LogP contribution in [0.1, 0.15) is 16.1 Å². The molecule has 1 amide bonds. The maximum Gasteiger partial charge on any atom is 0.290 e. The van der Waals surface area contributed by atoms with Crippen LogP contribution in [0.4, 0.5) is 5.69 Å². The van der Waals surface area contributed by atoms with Gasteiger partial charge >= 0.3 is 0 Å². The lowest BCUT2D eigenvalue weighted by atomic mass is 10.1. The number of nitrogens with zero attached hydrogens (tertiary/aromatic N) is 1. The van der Waals surface area contributed by atoms with Gasteiger partial charge in [-0.3, -0.25) is 20.4 Å². The molecule has 7 nitrogen and oxygen atoms in total. The van der Waals surface area contributed by atoms with Crippen molar-refractivity contribution in [3.8, 4) is 0 Å². The van der Waals surface area contributed by atoms with Crippen LogP contribution in [0.2, 0.25) is 0 Å². The molecule has 2 aromatic carbocycles. The van der Waals surface area contributed by atoms with Crippen molar-refractivity contribution in [1.29, 1.82) is 0 Å². The van der Waals surface area contributed by atoms with Gasteiger partial charge in [0, 0.05) is 11.1 Å². The maximum atomic E-state index is 12.3. The Hall–Kier alpha value is -3.26. The second-order valence-electron chi connectivity index (χ2n) is 5.30. The van der Waals surface area contributed by atoms with E-state index in [1.807, 2.05) is 31.2 Å². The largest absolute Gasteiger partial charge is 0.331 e. The number of carbonyl (C=O) groups excluding carboxylic acids is 1. The third-order valence-electron chi connectivity index (χ3n) is 3.59. The number of aryl methyl sites for hydroxylation is 1. The van der Waals surface area contributed by atoms with Crippen molar-refractivity contribution in [1.82, 2.24) is 21.0 Å². The van der Waals surface area contributed by atoms with Gasteiger partial charge in [-0.25, -0.2) is 5.10 Å². The van der Waals surface area contributed by atoms with E-state index < -0.39 is 5.91 Å². The molecule has 3 aromatic rings. The molecule has 0 bridgehead atoms. The SMILES string of the molecule is Cc1ccccc1NC(=S)NNC(=O)c1n[nH]c(=O)c2ccccc12. The highest BCUT2D eigenvalue weighted by molar-refractivity contribution is 7.80. The molecule has 0 saturated heterocycles. The van der Waals surface area contributed by atoms with Crippen molar-refractivity contribution in [3.05, 3.63) is 70.1 Å². The Morgan fingerprint density at radius 3 is 2.48 bits per heavy atom. The fraction of sp³-hybridized carbons (Fsp3) is 0.0588. The molecule has 1 heterocycles. The minimum atomic E-state index is -0.513. The molecule has 0 fully saturated rings. The summed E-state index contributed by atoms with van der Waals surface area (Å²) in [4.78, 5) is 24.1. The minimum absolute atomic E-state index is 0.0985. The average Bonchev–Trinajstić information content (AvgIpc) is 2.62. The molecule has 0 unspecified atom stereocenters. The monoisotopic (exact) mass is 353 g/mol. The zero-order chi connectivity index (χ0) is 17.8. The molecule has 3 rings (SSSR count). The molecule has 0 aliphatic rings. The second-order valence-corrected chi connectivity index (χ2v) is 5.70. The van der Waals surface area contributed by atoms with E-state index in [2.05, 4.69) is 26.4 Å². The Bertz CT molecular complexity index is 1020. The topological polar surface area (TPSA) is 98.9 Å². The lowest BCUT2D eigenvalue weighted by Crippen LogP contribution is -2.44. The molecule has 0 radical (unpaired) electrons. The van der Waals surface area contributed by atoms with Crippen LogP contribution in [-0.4, -0.2) is 21.2 Å². The summed E-state index contributed by atoms with van der Waals surface area (Å²) in [6, 6.07) is 14.4. The zero-order valence-electron chi connectivity index (χ0n) is 13.3. The zero-order valence-corrected chi connectivity index (χ0v) is 14.1. The molecule has 0 atom stereocenters. The molecule has 0 saturated carbocycles. The fourth-order valence-corrected chi connectivity index (χ4v) is 2.49. The summed E-state index contributed by atoms with van der Waals surface area (Å²) in [6.07, 6.45) is 0. The normalized spacial score (nSPS) is 10.3. The van der Waals surface area contributed by atoms with Gasteiger partial charge in [0.15, 0.2) is 10.8 Å². The Labute approximate surface area is 148 Å². The summed E-state index contributed by atoms with van der Waals surface area (Å²) in [7, 11) is 0. The number of benzene rings is 2. The molecule has 0 aliphatic heterocycles. The predicted octanol–water partition coefficient (Wildman–Crippen LogP) is 1.86. The van der Waals surface area contributed by atoms with Gasteiger partial charge in [0.05, 0.1) is 5.39 Å². The first-order valence-corrected chi connectivity index (χ1v) is 7.87. The third-order valence-corrected chi connectivity index (χ3v) is 3.80. The number of hydrogen-bond donors (Lipinski definition) is 4. The molecule has 4 N–H and O–H groups in total. The Morgan fingerprint density at radius 1 is 1.04 bits per heavy atom. The summed E-state index contributed by atoms with van der Waals surface area (Å²) in [5.74, 6) is -0.513. The van der Waals surface area contributed by atoms with Crippen molar-refractivity contribution in [2.24, 2.45) is 0 Å². The van der Waals surface area contributed by atoms with E-state index in [1.54, 1.807) is 24.3 Å². The Balaban J connectivity index is 1.71. The lowest BCUT2D eigenvalue weighted by molar-refractivity contribution is 0.0940. The highest BCUT2D eigenvalue weighted by Gasteiger charge is 2.14. The molecular formula is C17H15N5O2S. The quantitative estimate of drug-likeness (QED) is 0.415. The number of hydrazine groups is 1. The van der Waals surface area contributed by atoms with Crippen LogP contribution in [0.25, 0.3) is 10.8 Å². The van der Waals surface area contributed by atoms with Gasteiger partial charge in [0.2, 0.25) is 0 Å². The number of para-hydroxylation sites is 1. The van der Waals surface area contributed by atoms with Gasteiger partial charge < -0.3 is 5.32 Å². The Morgan fingerprint density at radius 2 is 1.72 bits per heavy atom. The third kappa shape index (κ3) is 3.64. The summed E-state index contributed by atoms with van der Waals surface area (Å²) in [5.41, 5.74) is 6.70. The summed E-state index contributed by atoms with van der Waals surface area (Å²) in [6.45, 7) is 1.94. The van der Waals surface area contributed by atoms with Crippen LogP contribution in [0.15, 0.2) is 53.3 Å². The number of thiocarbonyl (C=S) groups is 1. The van der Waals surface area contributed by atoms with Crippen molar-refractivity contribution >= 4 is 39.7 Å². The van der Waals surface area contributed by atoms with Gasteiger partial charge in [0.1, 0.15) is 0 Å². The number of anilines is 1. The number of aromatic nitrogens is 2. The fourth-order valence-electron chi connectivity index (χ4n) is 2.33. The van der Waals surface area contributed by atoms with E-state index in [4.69, 9.17) is 12.2 Å². The second kappa shape index (κ2) is 7.10. The van der Waals surface area contributed by atoms with Crippen molar-refractivity contribution in [2.45, 2.75) is 6.92 Å². The highest BCUT2D eigenvalue weighted by atomic mass is 32.1. The summed E-state index contributed by atoms with van der Waals surface area (Å²) in [5, 5.41) is 10.2. The van der Waals surface area contributed by atoms with E-state index in [9.17, 15) is 9.59 Å². The molecule has 126 valence electrons. The van der Waals surface area contributed by atoms with Gasteiger partial charge in [0.25, 0.3) is 11.5 Å². The number of hydrogen-bond acceptors (Lipinski definition) is 4. The number of fused-ring (bicyclic) bond motifs is 1. The summed E-state index contributed by atoms with van der Waals surface area (Å²) < 4.78 is 0. The molecular weight excluding hydrogens is 338 g/mol. The summed E-state index contributed by atoms with van der Waals surface area (Å²) >= 11 is 5.17. The molecule has 25 heavy (non-hydrogen) atoms. The van der Waals surface area contributed by atoms with E-state index in [0.29, 0.717) is 10.8 Å². The molecule has 0 aliphatic carbocycles. The lowest BCUT2D eigenvalue weighted by Gasteiger charge is -2.13. The smallest absolute Gasteiger partial charge is 0.290 e. The number of aromatic amines is 1. The average molecular weight is 353 g/mol. The number of amides is 1. The first-order valence-electron chi connectivity index (χ1n) is 7.46. The number of nitrogens with one attached hydrogen (secondary N) is 4. The minimum Gasteiger partial charge on any atom is -0.331 e. The van der Waals surface area contributed by atoms with Gasteiger partial charge in [-0.2, -0.15) is 5.10 Å². The number of H-pyrrole nitrogens is 1. The maximum absolute atomic E-state index is 12.3. The Kier molecular flexibility index (Phi) is 4.71. The van der Waals surface area contributed by atoms with Crippen LogP contribution in [-0.2, 0) is 0 Å². The van der Waals surface area contributed by atoms with E-state index >= 15 is 0 Å². The number of rotatable bonds is 2. The van der Waals surface area contributed by atoms with Gasteiger partial charge in [-0.15, -0.1) is 0 Å². The predicted molar refractivity (Wildman–Crippen MR) is 100 cm³/mol. The van der Waals surface area contributed by atoms with E-state index in [0.717, 1.165) is 11.3 Å². The van der Waals surface area contributed by atoms with Crippen molar-refractivity contribution < 1.29 is 4.79 Å². The van der Waals surface area contributed by atoms with E-state index in [-0.39, 0.29) is 16.4 Å². The van der Waals surface area contributed by atoms with Crippen LogP contribution < -0.4 is 21.7 Å². The standard InChI is InChI=1S/C17H15N5O2S/c1-10-6-2-5-9-13(10)18-17(25)22-21-16(24)14-11-7-3-4-8-12(11)15(23)20-19-14/h2-9H,1H3,(H,20,23)(H,21,24)(H2,18,22,25). The van der Waals surface area contributed by atoms with Crippen molar-refractivity contribution in [2.75, 3.05) is 5.32 Å². The van der Waals surface area contributed by atoms with Crippen LogP contribution in [0, 0.1) is 6.92 Å². The van der Waals surface area contributed by atoms with E-state index in [1.165, 1.54) is 0 Å². The van der Waals surface area contributed by atoms with Gasteiger partial charge in [-0.05, 0) is 36.8 Å². The first-order chi connectivity index (χ1) is 12.1. The van der Waals surface area contributed by atoms with Crippen LogP contribution in [0.5, 0.6) is 0 Å². The number of carbonyl (C=O) groups is 1. The van der Waals surface area contributed by atoms with Crippen LogP contribution in [0.3, 0.4) is 0 Å². The first kappa shape index (κ1) is 16.6. The molecule has 0 spiro atoms. The molecule has 1 aromatic heterocycles. The molecule has 8 heteroatoms. The van der Waals surface area contributed by atoms with Crippen LogP contribution >= 0.6 is 12.2 Å². The van der Waals surface area contributed by atoms with Crippen molar-refractivity contribution in [3.63, 3.8) is 0 Å².